The largest absolute Gasteiger partial charge is 0.445 e. The Morgan fingerprint density at radius 2 is 1.57 bits per heavy atom. The number of carbonyl (C=O) groups is 4. The van der Waals surface area contributed by atoms with Crippen LogP contribution in [-0.2, 0) is 25.8 Å². The van der Waals surface area contributed by atoms with Crippen LogP contribution in [0.2, 0.25) is 0 Å². The summed E-state index contributed by atoms with van der Waals surface area (Å²) in [6.07, 6.45) is 6.53. The molecule has 0 saturated carbocycles. The average Bonchev–Trinajstić information content (AvgIpc) is 3.65. The minimum absolute atomic E-state index is 0.0805. The molecule has 3 heterocycles. The molecule has 0 aromatic heterocycles. The van der Waals surface area contributed by atoms with Crippen molar-refractivity contribution in [1.29, 1.82) is 0 Å². The van der Waals surface area contributed by atoms with E-state index in [1.165, 1.54) is 12.2 Å². The second kappa shape index (κ2) is 12.8. The summed E-state index contributed by atoms with van der Waals surface area (Å²) in [7, 11) is 0. The molecule has 3 aliphatic rings. The molecular weight excluding hydrogens is 560 g/mol. The molecule has 44 heavy (non-hydrogen) atoms. The van der Waals surface area contributed by atoms with E-state index >= 15 is 0 Å². The highest BCUT2D eigenvalue weighted by atomic mass is 16.6. The molecule has 3 aromatic rings. The summed E-state index contributed by atoms with van der Waals surface area (Å²) < 4.78 is 5.29. The third-order valence-corrected chi connectivity index (χ3v) is 7.61. The van der Waals surface area contributed by atoms with Crippen LogP contribution < -0.4 is 10.2 Å². The standard InChI is InChI=1S/C34H30N4O6/c39-31-16-17-32(40)37(31)19-5-18-35-34(42)43-22-23-10-12-25(13-11-23)29-20-27(44-36-29)21-38-30-9-4-2-7-26(30)15-14-24-6-1-3-8-28(24)33(38)41/h1-4,6-17,27H,5,18-22H2,(H,35,42)/b15-14-. The maximum Gasteiger partial charge on any atom is 0.407 e. The Bertz CT molecular complexity index is 1680. The molecule has 0 radical (unpaired) electrons. The van der Waals surface area contributed by atoms with Crippen molar-refractivity contribution in [2.75, 3.05) is 24.5 Å². The molecule has 10 heteroatoms. The molecule has 4 amide bonds. The monoisotopic (exact) mass is 590 g/mol. The molecule has 1 N–H and O–H groups in total. The fourth-order valence-electron chi connectivity index (χ4n) is 5.30. The highest BCUT2D eigenvalue weighted by molar-refractivity contribution is 6.13. The van der Waals surface area contributed by atoms with Crippen LogP contribution >= 0.6 is 0 Å². The highest BCUT2D eigenvalue weighted by Gasteiger charge is 2.30. The number of ether oxygens (including phenoxy) is 1. The van der Waals surface area contributed by atoms with Gasteiger partial charge in [0.05, 0.1) is 17.9 Å². The Kier molecular flexibility index (Phi) is 8.31. The van der Waals surface area contributed by atoms with Gasteiger partial charge in [-0.15, -0.1) is 0 Å². The lowest BCUT2D eigenvalue weighted by molar-refractivity contribution is -0.136. The SMILES string of the molecule is O=C(NCCCN1C(=O)C=CC1=O)OCc1ccc(C2=NOC(CN3C(=O)c4ccccc4/C=C\c4ccccc43)C2)cc1. The number of rotatable bonds is 9. The number of amides is 4. The lowest BCUT2D eigenvalue weighted by atomic mass is 9.99. The second-order valence-corrected chi connectivity index (χ2v) is 10.6. The Balaban J connectivity index is 1.01. The van der Waals surface area contributed by atoms with Gasteiger partial charge in [0.25, 0.3) is 17.7 Å². The van der Waals surface area contributed by atoms with Crippen molar-refractivity contribution in [1.82, 2.24) is 10.2 Å². The summed E-state index contributed by atoms with van der Waals surface area (Å²) in [4.78, 5) is 57.6. The number of oxime groups is 1. The number of hydrogen-bond acceptors (Lipinski definition) is 7. The summed E-state index contributed by atoms with van der Waals surface area (Å²) in [5.41, 5.74) is 5.74. The van der Waals surface area contributed by atoms with Crippen molar-refractivity contribution in [2.24, 2.45) is 5.16 Å². The first kappa shape index (κ1) is 28.6. The number of nitrogens with one attached hydrogen (secondary N) is 1. The maximum atomic E-state index is 13.7. The number of fused-ring (bicyclic) bond motifs is 2. The van der Waals surface area contributed by atoms with Gasteiger partial charge in [0.2, 0.25) is 0 Å². The molecule has 1 unspecified atom stereocenters. The first-order valence-corrected chi connectivity index (χ1v) is 14.4. The van der Waals surface area contributed by atoms with Crippen LogP contribution in [0.5, 0.6) is 0 Å². The summed E-state index contributed by atoms with van der Waals surface area (Å²) in [6, 6.07) is 22.9. The molecule has 10 nitrogen and oxygen atoms in total. The van der Waals surface area contributed by atoms with Crippen LogP contribution in [0, 0.1) is 0 Å². The van der Waals surface area contributed by atoms with Crippen LogP contribution in [0.4, 0.5) is 10.5 Å². The Hall–Kier alpha value is -5.51. The third kappa shape index (κ3) is 6.29. The number of alkyl carbamates (subject to hydrolysis) is 1. The first-order chi connectivity index (χ1) is 21.5. The van der Waals surface area contributed by atoms with Crippen LogP contribution in [0.15, 0.2) is 90.1 Å². The van der Waals surface area contributed by atoms with E-state index in [0.29, 0.717) is 24.9 Å². The summed E-state index contributed by atoms with van der Waals surface area (Å²) in [6.45, 7) is 0.923. The zero-order valence-electron chi connectivity index (χ0n) is 23.8. The summed E-state index contributed by atoms with van der Waals surface area (Å²) >= 11 is 0. The van der Waals surface area contributed by atoms with E-state index in [0.717, 1.165) is 38.6 Å². The van der Waals surface area contributed by atoms with E-state index in [9.17, 15) is 19.2 Å². The van der Waals surface area contributed by atoms with Crippen molar-refractivity contribution in [3.05, 3.63) is 113 Å². The highest BCUT2D eigenvalue weighted by Crippen LogP contribution is 2.30. The van der Waals surface area contributed by atoms with Crippen molar-refractivity contribution < 1.29 is 28.8 Å². The number of nitrogens with zero attached hydrogens (tertiary/aromatic N) is 3. The normalized spacial score (nSPS) is 17.8. The summed E-state index contributed by atoms with van der Waals surface area (Å²) in [5.74, 6) is -0.773. The number of imide groups is 1. The molecule has 0 saturated heterocycles. The molecule has 1 atom stereocenters. The third-order valence-electron chi connectivity index (χ3n) is 7.61. The van der Waals surface area contributed by atoms with Gasteiger partial charge in [0.1, 0.15) is 6.61 Å². The fraction of sp³-hybridized carbons (Fsp3) is 0.206. The zero-order chi connectivity index (χ0) is 30.5. The average molecular weight is 591 g/mol. The molecular formula is C34H30N4O6. The van der Waals surface area contributed by atoms with Crippen molar-refractivity contribution in [3.63, 3.8) is 0 Å². The lowest BCUT2D eigenvalue weighted by Crippen LogP contribution is -2.39. The maximum absolute atomic E-state index is 13.7. The van der Waals surface area contributed by atoms with E-state index in [4.69, 9.17) is 9.57 Å². The fourth-order valence-corrected chi connectivity index (χ4v) is 5.30. The quantitative estimate of drug-likeness (QED) is 0.289. The van der Waals surface area contributed by atoms with Crippen molar-refractivity contribution >= 4 is 47.4 Å². The van der Waals surface area contributed by atoms with Crippen LogP contribution in [0.1, 0.15) is 45.5 Å². The minimum Gasteiger partial charge on any atom is -0.445 e. The predicted molar refractivity (Wildman–Crippen MR) is 165 cm³/mol. The first-order valence-electron chi connectivity index (χ1n) is 14.4. The van der Waals surface area contributed by atoms with Gasteiger partial charge in [-0.3, -0.25) is 19.3 Å². The number of anilines is 1. The van der Waals surface area contributed by atoms with Gasteiger partial charge in [0, 0.05) is 37.2 Å². The Morgan fingerprint density at radius 3 is 2.36 bits per heavy atom. The van der Waals surface area contributed by atoms with Crippen LogP contribution in [0.25, 0.3) is 12.2 Å². The van der Waals surface area contributed by atoms with E-state index in [1.807, 2.05) is 84.9 Å². The number of carbonyl (C=O) groups excluding carboxylic acids is 4. The van der Waals surface area contributed by atoms with Gasteiger partial charge < -0.3 is 19.8 Å². The Morgan fingerprint density at radius 1 is 0.864 bits per heavy atom. The van der Waals surface area contributed by atoms with Crippen LogP contribution in [-0.4, -0.2) is 60.2 Å². The van der Waals surface area contributed by atoms with Gasteiger partial charge in [-0.05, 0) is 40.8 Å². The zero-order valence-corrected chi connectivity index (χ0v) is 23.8. The molecule has 3 aliphatic heterocycles. The minimum atomic E-state index is -0.582. The van der Waals surface area contributed by atoms with E-state index in [-0.39, 0.29) is 43.5 Å². The molecule has 222 valence electrons. The molecule has 0 aliphatic carbocycles. The topological polar surface area (TPSA) is 118 Å². The molecule has 0 fully saturated rings. The number of para-hydroxylation sites is 1. The van der Waals surface area contributed by atoms with Crippen molar-refractivity contribution in [2.45, 2.75) is 25.6 Å². The van der Waals surface area contributed by atoms with Gasteiger partial charge in [-0.2, -0.15) is 0 Å². The number of hydrogen-bond donors (Lipinski definition) is 1. The molecule has 3 aromatic carbocycles. The molecule has 0 spiro atoms. The smallest absolute Gasteiger partial charge is 0.407 e. The van der Waals surface area contributed by atoms with Gasteiger partial charge in [-0.25, -0.2) is 4.79 Å². The molecule has 6 rings (SSSR count). The number of benzene rings is 3. The van der Waals surface area contributed by atoms with E-state index in [1.54, 1.807) is 4.90 Å². The van der Waals surface area contributed by atoms with Crippen molar-refractivity contribution in [3.8, 4) is 0 Å². The van der Waals surface area contributed by atoms with Gasteiger partial charge in [0.15, 0.2) is 6.10 Å². The summed E-state index contributed by atoms with van der Waals surface area (Å²) in [5, 5.41) is 6.95. The van der Waals surface area contributed by atoms with Gasteiger partial charge in [-0.1, -0.05) is 78.0 Å². The van der Waals surface area contributed by atoms with E-state index < -0.39 is 6.09 Å². The Labute approximate surface area is 254 Å². The predicted octanol–water partition coefficient (Wildman–Crippen LogP) is 4.55. The van der Waals surface area contributed by atoms with E-state index in [2.05, 4.69) is 10.5 Å². The lowest BCUT2D eigenvalue weighted by Gasteiger charge is -2.28. The second-order valence-electron chi connectivity index (χ2n) is 10.6. The van der Waals surface area contributed by atoms with Gasteiger partial charge >= 0.3 is 6.09 Å². The van der Waals surface area contributed by atoms with Crippen LogP contribution in [0.3, 0.4) is 0 Å². The molecule has 0 bridgehead atoms.